The van der Waals surface area contributed by atoms with Gasteiger partial charge in [0, 0.05) is 7.11 Å². The zero-order chi connectivity index (χ0) is 10.6. The first-order chi connectivity index (χ1) is 6.67. The number of aldehydes is 1. The predicted octanol–water partition coefficient (Wildman–Crippen LogP) is 1.31. The third-order valence-electron chi connectivity index (χ3n) is 2.78. The summed E-state index contributed by atoms with van der Waals surface area (Å²) in [7, 11) is 1.62. The van der Waals surface area contributed by atoms with E-state index in [-0.39, 0.29) is 12.2 Å². The lowest BCUT2D eigenvalue weighted by molar-refractivity contribution is -0.104. The summed E-state index contributed by atoms with van der Waals surface area (Å²) < 4.78 is 5.18. The normalized spacial score (nSPS) is 34.2. The lowest BCUT2D eigenvalue weighted by atomic mass is 9.84. The molecule has 1 rings (SSSR count). The van der Waals surface area contributed by atoms with Gasteiger partial charge in [0.15, 0.2) is 0 Å². The molecule has 0 spiro atoms. The molecule has 0 heterocycles. The lowest BCUT2D eigenvalue weighted by Gasteiger charge is -2.30. The van der Waals surface area contributed by atoms with Crippen LogP contribution >= 0.6 is 0 Å². The van der Waals surface area contributed by atoms with Crippen molar-refractivity contribution in [2.45, 2.75) is 38.4 Å². The Bertz CT molecular complexity index is 223. The van der Waals surface area contributed by atoms with Gasteiger partial charge < -0.3 is 9.84 Å². The van der Waals surface area contributed by atoms with Gasteiger partial charge in [-0.3, -0.25) is 4.79 Å². The Hall–Kier alpha value is -0.670. The molecule has 80 valence electrons. The van der Waals surface area contributed by atoms with E-state index in [1.165, 1.54) is 0 Å². The first-order valence-electron chi connectivity index (χ1n) is 5.01. The molecule has 14 heavy (non-hydrogen) atoms. The summed E-state index contributed by atoms with van der Waals surface area (Å²) in [6.45, 7) is 1.81. The molecule has 1 aliphatic carbocycles. The monoisotopic (exact) mass is 198 g/mol. The average Bonchev–Trinajstić information content (AvgIpc) is 2.20. The van der Waals surface area contributed by atoms with Crippen molar-refractivity contribution >= 4 is 6.29 Å². The molecule has 0 aromatic carbocycles. The summed E-state index contributed by atoms with van der Waals surface area (Å²) in [5.41, 5.74) is 0.765. The summed E-state index contributed by atoms with van der Waals surface area (Å²) in [4.78, 5) is 10.4. The van der Waals surface area contributed by atoms with E-state index < -0.39 is 0 Å². The third kappa shape index (κ3) is 2.93. The van der Waals surface area contributed by atoms with Crippen LogP contribution in [0.3, 0.4) is 0 Å². The van der Waals surface area contributed by atoms with Crippen LogP contribution in [0.4, 0.5) is 0 Å². The van der Waals surface area contributed by atoms with Gasteiger partial charge in [0.2, 0.25) is 0 Å². The second-order valence-corrected chi connectivity index (χ2v) is 3.94. The highest BCUT2D eigenvalue weighted by Crippen LogP contribution is 2.27. The summed E-state index contributed by atoms with van der Waals surface area (Å²) in [5.74, 6) is 0.369. The highest BCUT2D eigenvalue weighted by molar-refractivity contribution is 5.72. The number of ether oxygens (including phenoxy) is 1. The Balaban J connectivity index is 2.54. The molecule has 0 unspecified atom stereocenters. The third-order valence-corrected chi connectivity index (χ3v) is 2.78. The van der Waals surface area contributed by atoms with Crippen molar-refractivity contribution in [3.63, 3.8) is 0 Å². The average molecular weight is 198 g/mol. The van der Waals surface area contributed by atoms with Crippen LogP contribution in [0.2, 0.25) is 0 Å². The lowest BCUT2D eigenvalue weighted by Crippen LogP contribution is -2.34. The Morgan fingerprint density at radius 2 is 2.21 bits per heavy atom. The molecule has 1 fully saturated rings. The van der Waals surface area contributed by atoms with E-state index in [9.17, 15) is 9.90 Å². The molecule has 1 saturated carbocycles. The summed E-state index contributed by atoms with van der Waals surface area (Å²) >= 11 is 0. The molecule has 0 bridgehead atoms. The highest BCUT2D eigenvalue weighted by atomic mass is 16.5. The zero-order valence-corrected chi connectivity index (χ0v) is 8.77. The van der Waals surface area contributed by atoms with Crippen molar-refractivity contribution in [3.05, 3.63) is 11.6 Å². The Morgan fingerprint density at radius 3 is 2.79 bits per heavy atom. The maximum Gasteiger partial charge on any atom is 0.145 e. The highest BCUT2D eigenvalue weighted by Gasteiger charge is 2.27. The number of hydrogen-bond donors (Lipinski definition) is 1. The van der Waals surface area contributed by atoms with E-state index >= 15 is 0 Å². The molecule has 0 radical (unpaired) electrons. The van der Waals surface area contributed by atoms with Gasteiger partial charge in [-0.05, 0) is 37.7 Å². The maximum absolute atomic E-state index is 10.4. The standard InChI is InChI=1S/C11H18O3/c1-8(7-12)5-9-3-4-10(13)11(6-9)14-2/h5,7,9-11,13H,3-4,6H2,1-2H3/t9-,10+,11+/m0/s1. The van der Waals surface area contributed by atoms with Gasteiger partial charge in [-0.25, -0.2) is 0 Å². The first kappa shape index (κ1) is 11.4. The second kappa shape index (κ2) is 5.27. The molecule has 1 N–H and O–H groups in total. The van der Waals surface area contributed by atoms with E-state index in [0.29, 0.717) is 5.92 Å². The minimum Gasteiger partial charge on any atom is -0.390 e. The number of allylic oxidation sites excluding steroid dienone is 2. The fraction of sp³-hybridized carbons (Fsp3) is 0.727. The molecule has 0 aromatic heterocycles. The van der Waals surface area contributed by atoms with Crippen molar-refractivity contribution in [1.82, 2.24) is 0 Å². The van der Waals surface area contributed by atoms with Gasteiger partial charge in [0.05, 0.1) is 12.2 Å². The zero-order valence-electron chi connectivity index (χ0n) is 8.77. The van der Waals surface area contributed by atoms with Gasteiger partial charge in [0.1, 0.15) is 6.29 Å². The van der Waals surface area contributed by atoms with Crippen molar-refractivity contribution in [2.24, 2.45) is 5.92 Å². The Kier molecular flexibility index (Phi) is 4.29. The Morgan fingerprint density at radius 1 is 1.50 bits per heavy atom. The van der Waals surface area contributed by atoms with Gasteiger partial charge in [-0.2, -0.15) is 0 Å². The van der Waals surface area contributed by atoms with Gasteiger partial charge in [0.25, 0.3) is 0 Å². The van der Waals surface area contributed by atoms with Gasteiger partial charge in [-0.15, -0.1) is 0 Å². The van der Waals surface area contributed by atoms with Crippen molar-refractivity contribution in [3.8, 4) is 0 Å². The van der Waals surface area contributed by atoms with Crippen molar-refractivity contribution in [1.29, 1.82) is 0 Å². The van der Waals surface area contributed by atoms with Crippen LogP contribution in [0, 0.1) is 5.92 Å². The molecular formula is C11H18O3. The topological polar surface area (TPSA) is 46.5 Å². The number of carbonyl (C=O) groups is 1. The molecule has 0 aromatic rings. The van der Waals surface area contributed by atoms with E-state index in [0.717, 1.165) is 31.1 Å². The number of rotatable bonds is 3. The van der Waals surface area contributed by atoms with Crippen molar-refractivity contribution < 1.29 is 14.6 Å². The molecule has 3 atom stereocenters. The Labute approximate surface area is 84.8 Å². The molecule has 0 saturated heterocycles. The number of carbonyl (C=O) groups excluding carboxylic acids is 1. The second-order valence-electron chi connectivity index (χ2n) is 3.94. The first-order valence-corrected chi connectivity index (χ1v) is 5.01. The largest absolute Gasteiger partial charge is 0.390 e. The van der Waals surface area contributed by atoms with Crippen LogP contribution in [0.5, 0.6) is 0 Å². The molecule has 3 nitrogen and oxygen atoms in total. The van der Waals surface area contributed by atoms with E-state index in [4.69, 9.17) is 4.74 Å². The predicted molar refractivity (Wildman–Crippen MR) is 54.0 cm³/mol. The van der Waals surface area contributed by atoms with E-state index in [2.05, 4.69) is 0 Å². The smallest absolute Gasteiger partial charge is 0.145 e. The van der Waals surface area contributed by atoms with Crippen LogP contribution in [-0.2, 0) is 9.53 Å². The summed E-state index contributed by atoms with van der Waals surface area (Å²) in [6.07, 6.45) is 4.92. The summed E-state index contributed by atoms with van der Waals surface area (Å²) in [6, 6.07) is 0. The molecular weight excluding hydrogens is 180 g/mol. The molecule has 1 aliphatic rings. The van der Waals surface area contributed by atoms with Crippen LogP contribution in [0.25, 0.3) is 0 Å². The molecule has 0 aliphatic heterocycles. The van der Waals surface area contributed by atoms with E-state index in [1.807, 2.05) is 6.08 Å². The molecule has 3 heteroatoms. The number of hydrogen-bond acceptors (Lipinski definition) is 3. The minimum atomic E-state index is -0.346. The van der Waals surface area contributed by atoms with Crippen molar-refractivity contribution in [2.75, 3.05) is 7.11 Å². The number of aliphatic hydroxyl groups is 1. The number of aliphatic hydroxyl groups excluding tert-OH is 1. The van der Waals surface area contributed by atoms with Crippen LogP contribution in [-0.4, -0.2) is 30.7 Å². The quantitative estimate of drug-likeness (QED) is 0.549. The van der Waals surface area contributed by atoms with Crippen LogP contribution in [0.15, 0.2) is 11.6 Å². The fourth-order valence-corrected chi connectivity index (χ4v) is 1.96. The SMILES string of the molecule is CO[C@@H]1C[C@H](C=C(C)C=O)CC[C@H]1O. The molecule has 0 amide bonds. The fourth-order valence-electron chi connectivity index (χ4n) is 1.96. The van der Waals surface area contributed by atoms with Gasteiger partial charge in [-0.1, -0.05) is 6.08 Å². The number of methoxy groups -OCH3 is 1. The van der Waals surface area contributed by atoms with E-state index in [1.54, 1.807) is 14.0 Å². The maximum atomic E-state index is 10.4. The minimum absolute atomic E-state index is 0.0792. The van der Waals surface area contributed by atoms with Gasteiger partial charge >= 0.3 is 0 Å². The van der Waals surface area contributed by atoms with Crippen LogP contribution in [0.1, 0.15) is 26.2 Å². The summed E-state index contributed by atoms with van der Waals surface area (Å²) in [5, 5.41) is 9.56. The van der Waals surface area contributed by atoms with Crippen LogP contribution < -0.4 is 0 Å².